The van der Waals surface area contributed by atoms with Crippen molar-refractivity contribution in [2.24, 2.45) is 0 Å². The van der Waals surface area contributed by atoms with Crippen LogP contribution < -0.4 is 0 Å². The molecule has 1 saturated heterocycles. The molecule has 2 atom stereocenters. The van der Waals surface area contributed by atoms with Gasteiger partial charge in [-0.3, -0.25) is 0 Å². The van der Waals surface area contributed by atoms with Gasteiger partial charge in [-0.1, -0.05) is 0 Å². The molecule has 3 heteroatoms. The van der Waals surface area contributed by atoms with Gasteiger partial charge in [0.1, 0.15) is 0 Å². The lowest BCUT2D eigenvalue weighted by molar-refractivity contribution is -0.0442. The summed E-state index contributed by atoms with van der Waals surface area (Å²) in [6, 6.07) is 0. The SMILES string of the molecule is C[C@@H]1OC(CCl)O[C@H]1C. The Bertz CT molecular complexity index is 87.1. The third kappa shape index (κ3) is 1.57. The van der Waals surface area contributed by atoms with Gasteiger partial charge in [0.05, 0.1) is 18.1 Å². The van der Waals surface area contributed by atoms with Crippen molar-refractivity contribution in [3.05, 3.63) is 0 Å². The van der Waals surface area contributed by atoms with E-state index in [0.717, 1.165) is 0 Å². The van der Waals surface area contributed by atoms with E-state index in [4.69, 9.17) is 21.1 Å². The van der Waals surface area contributed by atoms with Gasteiger partial charge < -0.3 is 9.47 Å². The second kappa shape index (κ2) is 2.86. The summed E-state index contributed by atoms with van der Waals surface area (Å²) in [5, 5.41) is 0. The smallest absolute Gasteiger partial charge is 0.171 e. The predicted molar refractivity (Wildman–Crippen MR) is 35.6 cm³/mol. The first-order valence-electron chi connectivity index (χ1n) is 3.11. The van der Waals surface area contributed by atoms with E-state index in [1.807, 2.05) is 13.8 Å². The highest BCUT2D eigenvalue weighted by atomic mass is 35.5. The average Bonchev–Trinajstić information content (AvgIpc) is 2.13. The number of alkyl halides is 1. The molecule has 0 unspecified atom stereocenters. The molecule has 0 amide bonds. The number of hydrogen-bond donors (Lipinski definition) is 0. The van der Waals surface area contributed by atoms with Crippen LogP contribution in [0.1, 0.15) is 13.8 Å². The van der Waals surface area contributed by atoms with Crippen LogP contribution in [0.3, 0.4) is 0 Å². The third-order valence-corrected chi connectivity index (χ3v) is 1.77. The Morgan fingerprint density at radius 1 is 1.22 bits per heavy atom. The van der Waals surface area contributed by atoms with Crippen molar-refractivity contribution < 1.29 is 9.47 Å². The average molecular weight is 151 g/mol. The van der Waals surface area contributed by atoms with Crippen molar-refractivity contribution in [1.82, 2.24) is 0 Å². The number of hydrogen-bond acceptors (Lipinski definition) is 2. The summed E-state index contributed by atoms with van der Waals surface area (Å²) < 4.78 is 10.5. The lowest BCUT2D eigenvalue weighted by atomic mass is 10.3. The summed E-state index contributed by atoms with van der Waals surface area (Å²) in [5.41, 5.74) is 0. The Hall–Kier alpha value is 0.210. The van der Waals surface area contributed by atoms with Gasteiger partial charge in [-0.05, 0) is 13.8 Å². The molecule has 1 fully saturated rings. The minimum absolute atomic E-state index is 0.184. The first kappa shape index (κ1) is 7.32. The van der Waals surface area contributed by atoms with Crippen molar-refractivity contribution in [2.75, 3.05) is 5.88 Å². The molecular weight excluding hydrogens is 140 g/mol. The summed E-state index contributed by atoms with van der Waals surface area (Å²) in [7, 11) is 0. The van der Waals surface area contributed by atoms with E-state index < -0.39 is 0 Å². The molecule has 0 spiro atoms. The Kier molecular flexibility index (Phi) is 2.33. The van der Waals surface area contributed by atoms with E-state index in [2.05, 4.69) is 0 Å². The second-order valence-electron chi connectivity index (χ2n) is 2.27. The van der Waals surface area contributed by atoms with Crippen molar-refractivity contribution in [1.29, 1.82) is 0 Å². The van der Waals surface area contributed by atoms with E-state index in [-0.39, 0.29) is 18.5 Å². The molecule has 0 bridgehead atoms. The molecule has 0 aromatic carbocycles. The lowest BCUT2D eigenvalue weighted by Crippen LogP contribution is -2.13. The largest absolute Gasteiger partial charge is 0.346 e. The molecule has 2 nitrogen and oxygen atoms in total. The summed E-state index contributed by atoms with van der Waals surface area (Å²) in [6.07, 6.45) is 0.194. The zero-order chi connectivity index (χ0) is 6.85. The molecular formula is C6H11ClO2. The second-order valence-corrected chi connectivity index (χ2v) is 2.57. The van der Waals surface area contributed by atoms with Gasteiger partial charge >= 0.3 is 0 Å². The third-order valence-electron chi connectivity index (χ3n) is 1.52. The van der Waals surface area contributed by atoms with Crippen LogP contribution >= 0.6 is 11.6 Å². The fourth-order valence-electron chi connectivity index (χ4n) is 0.805. The quantitative estimate of drug-likeness (QED) is 0.526. The molecule has 0 aromatic rings. The number of rotatable bonds is 1. The Morgan fingerprint density at radius 3 is 1.89 bits per heavy atom. The summed E-state index contributed by atoms with van der Waals surface area (Å²) in [5.74, 6) is 0.425. The molecule has 1 heterocycles. The van der Waals surface area contributed by atoms with Crippen molar-refractivity contribution in [3.63, 3.8) is 0 Å². The number of halogens is 1. The maximum atomic E-state index is 5.49. The van der Waals surface area contributed by atoms with Gasteiger partial charge in [0.2, 0.25) is 0 Å². The first-order valence-corrected chi connectivity index (χ1v) is 3.64. The van der Waals surface area contributed by atoms with Gasteiger partial charge in [0.25, 0.3) is 0 Å². The summed E-state index contributed by atoms with van der Waals surface area (Å²) in [4.78, 5) is 0. The molecule has 9 heavy (non-hydrogen) atoms. The Labute approximate surface area is 60.1 Å². The fourth-order valence-corrected chi connectivity index (χ4v) is 0.950. The summed E-state index contributed by atoms with van der Waals surface area (Å²) in [6.45, 7) is 3.97. The van der Waals surface area contributed by atoms with E-state index >= 15 is 0 Å². The van der Waals surface area contributed by atoms with Crippen molar-refractivity contribution in [3.8, 4) is 0 Å². The zero-order valence-electron chi connectivity index (χ0n) is 5.63. The standard InChI is InChI=1S/C6H11ClO2/c1-4-5(2)9-6(3-7)8-4/h4-6H,3H2,1-2H3/t4-,5-/m0/s1. The van der Waals surface area contributed by atoms with E-state index in [0.29, 0.717) is 5.88 Å². The molecule has 54 valence electrons. The van der Waals surface area contributed by atoms with Gasteiger partial charge in [-0.25, -0.2) is 0 Å². The zero-order valence-corrected chi connectivity index (χ0v) is 6.39. The van der Waals surface area contributed by atoms with Crippen LogP contribution in [0.15, 0.2) is 0 Å². The first-order chi connectivity index (χ1) is 4.24. The molecule has 0 aromatic heterocycles. The molecule has 1 aliphatic heterocycles. The van der Waals surface area contributed by atoms with Crippen molar-refractivity contribution >= 4 is 11.6 Å². The van der Waals surface area contributed by atoms with Crippen molar-refractivity contribution in [2.45, 2.75) is 32.3 Å². The molecule has 1 rings (SSSR count). The highest BCUT2D eigenvalue weighted by Gasteiger charge is 2.28. The molecule has 0 aliphatic carbocycles. The molecule has 0 radical (unpaired) electrons. The van der Waals surface area contributed by atoms with Crippen LogP contribution in [0.2, 0.25) is 0 Å². The van der Waals surface area contributed by atoms with Crippen LogP contribution in [0.5, 0.6) is 0 Å². The van der Waals surface area contributed by atoms with Gasteiger partial charge in [0, 0.05) is 0 Å². The summed E-state index contributed by atoms with van der Waals surface area (Å²) >= 11 is 5.49. The van der Waals surface area contributed by atoms with Crippen LogP contribution in [-0.2, 0) is 9.47 Å². The van der Waals surface area contributed by atoms with Gasteiger partial charge in [0.15, 0.2) is 6.29 Å². The highest BCUT2D eigenvalue weighted by Crippen LogP contribution is 2.18. The van der Waals surface area contributed by atoms with Gasteiger partial charge in [-0.2, -0.15) is 0 Å². The van der Waals surface area contributed by atoms with E-state index in [1.165, 1.54) is 0 Å². The monoisotopic (exact) mass is 150 g/mol. The predicted octanol–water partition coefficient (Wildman–Crippen LogP) is 1.38. The Morgan fingerprint density at radius 2 is 1.67 bits per heavy atom. The maximum Gasteiger partial charge on any atom is 0.171 e. The minimum Gasteiger partial charge on any atom is -0.346 e. The normalized spacial score (nSPS) is 37.7. The van der Waals surface area contributed by atoms with Gasteiger partial charge in [-0.15, -0.1) is 11.6 Å². The van der Waals surface area contributed by atoms with E-state index in [1.54, 1.807) is 0 Å². The van der Waals surface area contributed by atoms with Crippen LogP contribution in [0, 0.1) is 0 Å². The Balaban J connectivity index is 2.35. The van der Waals surface area contributed by atoms with Crippen LogP contribution in [-0.4, -0.2) is 24.4 Å². The topological polar surface area (TPSA) is 18.5 Å². The van der Waals surface area contributed by atoms with E-state index in [9.17, 15) is 0 Å². The number of ether oxygens (including phenoxy) is 2. The van der Waals surface area contributed by atoms with Crippen LogP contribution in [0.25, 0.3) is 0 Å². The van der Waals surface area contributed by atoms with Crippen LogP contribution in [0.4, 0.5) is 0 Å². The fraction of sp³-hybridized carbons (Fsp3) is 1.00. The minimum atomic E-state index is -0.184. The maximum absolute atomic E-state index is 5.49. The molecule has 1 aliphatic rings. The lowest BCUT2D eigenvalue weighted by Gasteiger charge is -2.02. The molecule has 0 saturated carbocycles. The molecule has 0 N–H and O–H groups in total. The highest BCUT2D eigenvalue weighted by molar-refractivity contribution is 6.18.